The first-order valence-electron chi connectivity index (χ1n) is 9.75. The van der Waals surface area contributed by atoms with Crippen molar-refractivity contribution < 1.29 is 14.3 Å². The average Bonchev–Trinajstić information content (AvgIpc) is 3.36. The van der Waals surface area contributed by atoms with Crippen molar-refractivity contribution in [2.75, 3.05) is 31.8 Å². The molecule has 0 bridgehead atoms. The molecule has 0 radical (unpaired) electrons. The highest BCUT2D eigenvalue weighted by Gasteiger charge is 2.39. The van der Waals surface area contributed by atoms with Crippen LogP contribution in [0.4, 0.5) is 5.69 Å². The fraction of sp³-hybridized carbons (Fsp3) is 0.476. The Morgan fingerprint density at radius 2 is 2.10 bits per heavy atom. The normalized spacial score (nSPS) is 18.8. The van der Waals surface area contributed by atoms with E-state index >= 15 is 0 Å². The fourth-order valence-corrected chi connectivity index (χ4v) is 4.18. The summed E-state index contributed by atoms with van der Waals surface area (Å²) in [7, 11) is 1.66. The monoisotopic (exact) mass is 416 g/mol. The van der Waals surface area contributed by atoms with Crippen molar-refractivity contribution in [3.05, 3.63) is 42.2 Å². The smallest absolute Gasteiger partial charge is 0.244 e. The Balaban J connectivity index is 1.66. The summed E-state index contributed by atoms with van der Waals surface area (Å²) in [6, 6.07) is 9.71. The van der Waals surface area contributed by atoms with E-state index < -0.39 is 0 Å². The zero-order valence-corrected chi connectivity index (χ0v) is 18.1. The Bertz CT molecular complexity index is 867. The van der Waals surface area contributed by atoms with Crippen LogP contribution in [-0.4, -0.2) is 52.9 Å². The molecule has 3 rings (SSSR count). The van der Waals surface area contributed by atoms with Crippen LogP contribution in [0.5, 0.6) is 0 Å². The fourth-order valence-electron chi connectivity index (χ4n) is 3.63. The van der Waals surface area contributed by atoms with Crippen molar-refractivity contribution in [3.8, 4) is 0 Å². The number of ether oxygens (including phenoxy) is 1. The lowest BCUT2D eigenvalue weighted by atomic mass is 9.97. The molecule has 156 valence electrons. The number of hydrogen-bond donors (Lipinski definition) is 1. The SMILES string of the molecule is CSc1ccccc1NC(=O)CN(C)C(=O)[C@H]1CCO[C@@H]1c1ccnn1C(C)C. The second-order valence-electron chi connectivity index (χ2n) is 7.42. The van der Waals surface area contributed by atoms with E-state index in [4.69, 9.17) is 4.74 Å². The zero-order valence-electron chi connectivity index (χ0n) is 17.3. The number of amides is 2. The number of aromatic nitrogens is 2. The van der Waals surface area contributed by atoms with Crippen LogP contribution < -0.4 is 5.32 Å². The van der Waals surface area contributed by atoms with E-state index in [1.807, 2.05) is 55.1 Å². The molecule has 1 fully saturated rings. The lowest BCUT2D eigenvalue weighted by molar-refractivity contribution is -0.138. The molecule has 8 heteroatoms. The van der Waals surface area contributed by atoms with Gasteiger partial charge in [-0.1, -0.05) is 12.1 Å². The van der Waals surface area contributed by atoms with Gasteiger partial charge < -0.3 is 15.0 Å². The largest absolute Gasteiger partial charge is 0.371 e. The third-order valence-corrected chi connectivity index (χ3v) is 5.82. The second-order valence-corrected chi connectivity index (χ2v) is 8.27. The Hall–Kier alpha value is -2.32. The Labute approximate surface area is 175 Å². The van der Waals surface area contributed by atoms with Crippen LogP contribution in [0, 0.1) is 5.92 Å². The summed E-state index contributed by atoms with van der Waals surface area (Å²) < 4.78 is 7.78. The van der Waals surface area contributed by atoms with Crippen molar-refractivity contribution >= 4 is 29.3 Å². The van der Waals surface area contributed by atoms with Crippen LogP contribution >= 0.6 is 11.8 Å². The number of rotatable bonds is 7. The molecule has 1 aromatic heterocycles. The summed E-state index contributed by atoms with van der Waals surface area (Å²) in [6.07, 6.45) is 3.99. The second kappa shape index (κ2) is 9.45. The summed E-state index contributed by atoms with van der Waals surface area (Å²) in [4.78, 5) is 28.1. The number of carbonyl (C=O) groups excluding carboxylic acids is 2. The predicted octanol–water partition coefficient (Wildman–Crippen LogP) is 3.36. The Morgan fingerprint density at radius 1 is 1.34 bits per heavy atom. The minimum atomic E-state index is -0.338. The first-order valence-corrected chi connectivity index (χ1v) is 11.0. The third kappa shape index (κ3) is 4.82. The van der Waals surface area contributed by atoms with Gasteiger partial charge in [-0.3, -0.25) is 14.3 Å². The molecular formula is C21H28N4O3S. The molecular weight excluding hydrogens is 388 g/mol. The number of thioether (sulfide) groups is 1. The zero-order chi connectivity index (χ0) is 21.0. The number of likely N-dealkylation sites (N-methyl/N-ethyl adjacent to an activating group) is 1. The minimum absolute atomic E-state index is 0.00574. The summed E-state index contributed by atoms with van der Waals surface area (Å²) in [5, 5.41) is 7.26. The van der Waals surface area contributed by atoms with Gasteiger partial charge in [0.25, 0.3) is 0 Å². The van der Waals surface area contributed by atoms with Crippen molar-refractivity contribution in [3.63, 3.8) is 0 Å². The number of carbonyl (C=O) groups is 2. The topological polar surface area (TPSA) is 76.5 Å². The molecule has 0 unspecified atom stereocenters. The van der Waals surface area contributed by atoms with Crippen LogP contribution in [0.1, 0.15) is 38.1 Å². The summed E-state index contributed by atoms with van der Waals surface area (Å²) >= 11 is 1.57. The Morgan fingerprint density at radius 3 is 2.83 bits per heavy atom. The van der Waals surface area contributed by atoms with Crippen molar-refractivity contribution in [2.24, 2.45) is 5.92 Å². The van der Waals surface area contributed by atoms with Gasteiger partial charge in [0.1, 0.15) is 6.10 Å². The molecule has 1 saturated heterocycles. The maximum atomic E-state index is 13.1. The lowest BCUT2D eigenvalue weighted by Gasteiger charge is -2.25. The van der Waals surface area contributed by atoms with Crippen LogP contribution in [0.3, 0.4) is 0 Å². The molecule has 2 atom stereocenters. The number of nitrogens with one attached hydrogen (secondary N) is 1. The minimum Gasteiger partial charge on any atom is -0.371 e. The summed E-state index contributed by atoms with van der Waals surface area (Å²) in [6.45, 7) is 4.61. The van der Waals surface area contributed by atoms with Crippen molar-refractivity contribution in [1.82, 2.24) is 14.7 Å². The lowest BCUT2D eigenvalue weighted by Crippen LogP contribution is -2.39. The van der Waals surface area contributed by atoms with Crippen LogP contribution in [-0.2, 0) is 14.3 Å². The van der Waals surface area contributed by atoms with Crippen molar-refractivity contribution in [1.29, 1.82) is 0 Å². The first-order chi connectivity index (χ1) is 13.9. The summed E-state index contributed by atoms with van der Waals surface area (Å²) in [5.74, 6) is -0.622. The van der Waals surface area contributed by atoms with Gasteiger partial charge >= 0.3 is 0 Å². The average molecular weight is 417 g/mol. The van der Waals surface area contributed by atoms with E-state index in [-0.39, 0.29) is 36.4 Å². The molecule has 2 amide bonds. The molecule has 2 aromatic rings. The maximum absolute atomic E-state index is 13.1. The van der Waals surface area contributed by atoms with Crippen molar-refractivity contribution in [2.45, 2.75) is 37.3 Å². The number of benzene rings is 1. The van der Waals surface area contributed by atoms with Crippen LogP contribution in [0.15, 0.2) is 41.4 Å². The molecule has 0 spiro atoms. The highest BCUT2D eigenvalue weighted by Crippen LogP contribution is 2.36. The molecule has 1 N–H and O–H groups in total. The van der Waals surface area contributed by atoms with E-state index in [0.29, 0.717) is 13.0 Å². The third-order valence-electron chi connectivity index (χ3n) is 5.03. The predicted molar refractivity (Wildman–Crippen MR) is 114 cm³/mol. The van der Waals surface area contributed by atoms with Gasteiger partial charge in [0, 0.05) is 30.8 Å². The van der Waals surface area contributed by atoms with Gasteiger partial charge in [0.15, 0.2) is 0 Å². The molecule has 1 aromatic carbocycles. The van der Waals surface area contributed by atoms with Gasteiger partial charge in [0.2, 0.25) is 11.8 Å². The molecule has 0 saturated carbocycles. The van der Waals surface area contributed by atoms with E-state index in [1.54, 1.807) is 25.0 Å². The quantitative estimate of drug-likeness (QED) is 0.701. The van der Waals surface area contributed by atoms with Gasteiger partial charge in [0.05, 0.1) is 23.8 Å². The van der Waals surface area contributed by atoms with Gasteiger partial charge in [-0.15, -0.1) is 11.8 Å². The molecule has 7 nitrogen and oxygen atoms in total. The van der Waals surface area contributed by atoms with Crippen LogP contribution in [0.2, 0.25) is 0 Å². The number of nitrogens with zero attached hydrogens (tertiary/aromatic N) is 3. The number of para-hydroxylation sites is 1. The van der Waals surface area contributed by atoms with Gasteiger partial charge in [-0.05, 0) is 44.7 Å². The van der Waals surface area contributed by atoms with E-state index in [2.05, 4.69) is 10.4 Å². The number of anilines is 1. The van der Waals surface area contributed by atoms with Crippen LogP contribution in [0.25, 0.3) is 0 Å². The molecule has 1 aliphatic heterocycles. The van der Waals surface area contributed by atoms with E-state index in [9.17, 15) is 9.59 Å². The maximum Gasteiger partial charge on any atom is 0.244 e. The first kappa shape index (κ1) is 21.4. The van der Waals surface area contributed by atoms with Gasteiger partial charge in [-0.2, -0.15) is 5.10 Å². The van der Waals surface area contributed by atoms with E-state index in [0.717, 1.165) is 16.3 Å². The highest BCUT2D eigenvalue weighted by molar-refractivity contribution is 7.98. The summed E-state index contributed by atoms with van der Waals surface area (Å²) in [5.41, 5.74) is 1.66. The highest BCUT2D eigenvalue weighted by atomic mass is 32.2. The Kier molecular flexibility index (Phi) is 6.97. The number of hydrogen-bond acceptors (Lipinski definition) is 5. The standard InChI is InChI=1S/C21H28N4O3S/c1-14(2)25-17(9-11-22-25)20-15(10-12-28-20)21(27)24(3)13-19(26)23-16-7-5-6-8-18(16)29-4/h5-9,11,14-15,20H,10,12-13H2,1-4H3,(H,23,26)/t15-,20-/m0/s1. The van der Waals surface area contributed by atoms with E-state index in [1.165, 1.54) is 4.90 Å². The van der Waals surface area contributed by atoms with Gasteiger partial charge in [-0.25, -0.2) is 0 Å². The molecule has 1 aliphatic rings. The molecule has 0 aliphatic carbocycles. The molecule has 29 heavy (non-hydrogen) atoms. The molecule has 2 heterocycles.